The van der Waals surface area contributed by atoms with Crippen LogP contribution in [-0.4, -0.2) is 37.9 Å². The van der Waals surface area contributed by atoms with Crippen LogP contribution in [0.2, 0.25) is 0 Å². The van der Waals surface area contributed by atoms with Gasteiger partial charge in [-0.15, -0.1) is 0 Å². The Hall–Kier alpha value is -2.14. The van der Waals surface area contributed by atoms with Gasteiger partial charge in [0, 0.05) is 19.4 Å². The predicted octanol–water partition coefficient (Wildman–Crippen LogP) is 17.6. The van der Waals surface area contributed by atoms with Gasteiger partial charge in [0.05, 0.1) is 6.61 Å². The van der Waals surface area contributed by atoms with Gasteiger partial charge in [-0.25, -0.2) is 0 Å². The molecule has 0 aliphatic rings. The fourth-order valence-electron chi connectivity index (χ4n) is 7.40. The zero-order valence-corrected chi connectivity index (χ0v) is 40.2. The average Bonchev–Trinajstić information content (AvgIpc) is 3.25. The molecule has 0 saturated heterocycles. The number of rotatable bonds is 48. The molecular weight excluding hydrogens is 741 g/mol. The molecule has 0 fully saturated rings. The first-order valence-corrected chi connectivity index (χ1v) is 26.2. The van der Waals surface area contributed by atoms with Crippen LogP contribution in [0.4, 0.5) is 0 Å². The van der Waals surface area contributed by atoms with E-state index < -0.39 is 6.10 Å². The smallest absolute Gasteiger partial charge is 0.306 e. The molecule has 0 N–H and O–H groups in total. The van der Waals surface area contributed by atoms with E-state index >= 15 is 0 Å². The van der Waals surface area contributed by atoms with Crippen molar-refractivity contribution in [3.8, 4) is 0 Å². The number of unbranched alkanes of at least 4 members (excludes halogenated alkanes) is 29. The Morgan fingerprint density at radius 2 is 0.733 bits per heavy atom. The predicted molar refractivity (Wildman–Crippen MR) is 261 cm³/mol. The number of ether oxygens (including phenoxy) is 3. The third kappa shape index (κ3) is 48.5. The zero-order chi connectivity index (χ0) is 43.5. The van der Waals surface area contributed by atoms with Gasteiger partial charge in [0.2, 0.25) is 0 Å². The number of esters is 2. The molecule has 60 heavy (non-hydrogen) atoms. The molecule has 0 aromatic heterocycles. The molecule has 0 aromatic carbocycles. The van der Waals surface area contributed by atoms with Gasteiger partial charge in [-0.1, -0.05) is 223 Å². The number of hydrogen-bond acceptors (Lipinski definition) is 5. The molecule has 5 heteroatoms. The first-order valence-electron chi connectivity index (χ1n) is 26.2. The van der Waals surface area contributed by atoms with Crippen LogP contribution in [0.3, 0.4) is 0 Å². The maximum atomic E-state index is 12.8. The third-order valence-corrected chi connectivity index (χ3v) is 11.3. The van der Waals surface area contributed by atoms with Crippen molar-refractivity contribution in [2.45, 2.75) is 271 Å². The highest BCUT2D eigenvalue weighted by Gasteiger charge is 2.17. The minimum absolute atomic E-state index is 0.0797. The number of carbonyl (C=O) groups excluding carboxylic acids is 2. The Bertz CT molecular complexity index is 997. The van der Waals surface area contributed by atoms with Crippen molar-refractivity contribution in [2.75, 3.05) is 19.8 Å². The topological polar surface area (TPSA) is 61.8 Å². The molecule has 1 atom stereocenters. The monoisotopic (exact) mass is 841 g/mol. The lowest BCUT2D eigenvalue weighted by atomic mass is 10.0. The summed E-state index contributed by atoms with van der Waals surface area (Å²) in [5.74, 6) is -0.402. The summed E-state index contributed by atoms with van der Waals surface area (Å²) in [5, 5.41) is 0. The summed E-state index contributed by atoms with van der Waals surface area (Å²) >= 11 is 0. The van der Waals surface area contributed by atoms with Gasteiger partial charge >= 0.3 is 11.9 Å². The van der Waals surface area contributed by atoms with Crippen molar-refractivity contribution in [2.24, 2.45) is 0 Å². The van der Waals surface area contributed by atoms with E-state index in [1.165, 1.54) is 173 Å². The van der Waals surface area contributed by atoms with Crippen LogP contribution < -0.4 is 0 Å². The highest BCUT2D eigenvalue weighted by atomic mass is 16.6. The minimum atomic E-state index is -0.541. The summed E-state index contributed by atoms with van der Waals surface area (Å²) in [6.45, 7) is 7.74. The maximum absolute atomic E-state index is 12.8. The van der Waals surface area contributed by atoms with Gasteiger partial charge < -0.3 is 14.2 Å². The normalized spacial score (nSPS) is 12.5. The summed E-state index contributed by atoms with van der Waals surface area (Å²) in [4.78, 5) is 25.4. The van der Waals surface area contributed by atoms with Crippen LogP contribution in [0.1, 0.15) is 265 Å². The van der Waals surface area contributed by atoms with Crippen LogP contribution in [0.15, 0.2) is 48.6 Å². The van der Waals surface area contributed by atoms with Crippen molar-refractivity contribution in [3.05, 3.63) is 48.6 Å². The van der Waals surface area contributed by atoms with Gasteiger partial charge in [-0.2, -0.15) is 0 Å². The van der Waals surface area contributed by atoms with Crippen LogP contribution in [0.25, 0.3) is 0 Å². The van der Waals surface area contributed by atoms with Crippen molar-refractivity contribution in [1.29, 1.82) is 0 Å². The summed E-state index contributed by atoms with van der Waals surface area (Å²) in [5.41, 5.74) is 0. The Labute approximate surface area is 373 Å². The van der Waals surface area contributed by atoms with Gasteiger partial charge in [0.15, 0.2) is 6.10 Å². The number of allylic oxidation sites excluding steroid dienone is 8. The molecule has 0 bridgehead atoms. The molecule has 5 nitrogen and oxygen atoms in total. The molecule has 0 aromatic rings. The van der Waals surface area contributed by atoms with Gasteiger partial charge in [-0.05, 0) is 77.0 Å². The molecular formula is C55H100O5. The van der Waals surface area contributed by atoms with E-state index in [-0.39, 0.29) is 25.2 Å². The standard InChI is InChI=1S/C55H100O5/c1-4-7-10-13-16-19-22-25-27-28-29-31-33-36-39-42-45-48-54(56)59-52-53(51-58-50-47-44-41-38-35-32-26-23-20-17-14-11-8-5-2)60-55(57)49-46-43-40-37-34-30-24-21-18-15-12-9-6-3/h11,14,16,19-20,23,25,27,53H,4-10,12-13,15,17-18,21-22,24,26,28-52H2,1-3H3/b14-11-,19-16-,23-20-,27-25-. The molecule has 0 radical (unpaired) electrons. The van der Waals surface area contributed by atoms with Gasteiger partial charge in [0.25, 0.3) is 0 Å². The molecule has 0 rings (SSSR count). The van der Waals surface area contributed by atoms with Crippen LogP contribution >= 0.6 is 0 Å². The van der Waals surface area contributed by atoms with Crippen molar-refractivity contribution in [1.82, 2.24) is 0 Å². The van der Waals surface area contributed by atoms with Crippen molar-refractivity contribution < 1.29 is 23.8 Å². The van der Waals surface area contributed by atoms with E-state index in [0.717, 1.165) is 57.8 Å². The summed E-state index contributed by atoms with van der Waals surface area (Å²) < 4.78 is 17.4. The molecule has 0 saturated carbocycles. The second kappa shape index (κ2) is 51.2. The van der Waals surface area contributed by atoms with E-state index in [9.17, 15) is 9.59 Å². The van der Waals surface area contributed by atoms with Gasteiger partial charge in [0.1, 0.15) is 6.61 Å². The van der Waals surface area contributed by atoms with E-state index in [1.54, 1.807) is 0 Å². The Kier molecular flexibility index (Phi) is 49.4. The van der Waals surface area contributed by atoms with Crippen LogP contribution in [0.5, 0.6) is 0 Å². The zero-order valence-electron chi connectivity index (χ0n) is 40.2. The second-order valence-electron chi connectivity index (χ2n) is 17.4. The van der Waals surface area contributed by atoms with E-state index in [0.29, 0.717) is 19.4 Å². The van der Waals surface area contributed by atoms with Crippen LogP contribution in [-0.2, 0) is 23.8 Å². The van der Waals surface area contributed by atoms with Crippen LogP contribution in [0, 0.1) is 0 Å². The summed E-state index contributed by atoms with van der Waals surface area (Å²) in [7, 11) is 0. The Morgan fingerprint density at radius 3 is 1.20 bits per heavy atom. The first kappa shape index (κ1) is 57.9. The summed E-state index contributed by atoms with van der Waals surface area (Å²) in [6, 6.07) is 0. The SMILES string of the molecule is CCC/C=C\C/C=C\CCCCCCCCOCC(COC(=O)CCCCCCCCC/C=C\C/C=C\CCCCC)OC(=O)CCCCCCCCCCCCCCC. The highest BCUT2D eigenvalue weighted by Crippen LogP contribution is 2.15. The molecule has 1 unspecified atom stereocenters. The quantitative estimate of drug-likeness (QED) is 0.0347. The Morgan fingerprint density at radius 1 is 0.367 bits per heavy atom. The number of carbonyl (C=O) groups is 2. The molecule has 0 spiro atoms. The average molecular weight is 841 g/mol. The lowest BCUT2D eigenvalue weighted by Gasteiger charge is -2.18. The van der Waals surface area contributed by atoms with E-state index in [1.807, 2.05) is 0 Å². The molecule has 0 aliphatic heterocycles. The third-order valence-electron chi connectivity index (χ3n) is 11.3. The lowest BCUT2D eigenvalue weighted by Crippen LogP contribution is -2.30. The second-order valence-corrected chi connectivity index (χ2v) is 17.4. The summed E-state index contributed by atoms with van der Waals surface area (Å²) in [6.07, 6.45) is 62.5. The maximum Gasteiger partial charge on any atom is 0.306 e. The number of hydrogen-bond donors (Lipinski definition) is 0. The van der Waals surface area contributed by atoms with Crippen molar-refractivity contribution in [3.63, 3.8) is 0 Å². The minimum Gasteiger partial charge on any atom is -0.462 e. The molecule has 0 heterocycles. The van der Waals surface area contributed by atoms with E-state index in [2.05, 4.69) is 69.4 Å². The fraction of sp³-hybridized carbons (Fsp3) is 0.818. The molecule has 0 aliphatic carbocycles. The molecule has 0 amide bonds. The molecule has 350 valence electrons. The van der Waals surface area contributed by atoms with Crippen molar-refractivity contribution >= 4 is 11.9 Å². The Balaban J connectivity index is 4.26. The fourth-order valence-corrected chi connectivity index (χ4v) is 7.40. The van der Waals surface area contributed by atoms with E-state index in [4.69, 9.17) is 14.2 Å². The van der Waals surface area contributed by atoms with Gasteiger partial charge in [-0.3, -0.25) is 9.59 Å². The lowest BCUT2D eigenvalue weighted by molar-refractivity contribution is -0.163. The largest absolute Gasteiger partial charge is 0.462 e. The first-order chi connectivity index (χ1) is 29.6. The highest BCUT2D eigenvalue weighted by molar-refractivity contribution is 5.70.